The second-order valence-corrected chi connectivity index (χ2v) is 23.8. The molecule has 40 heavy (non-hydrogen) atoms. The van der Waals surface area contributed by atoms with Gasteiger partial charge in [-0.3, -0.25) is 0 Å². The molecule has 0 saturated carbocycles. The Kier molecular flexibility index (Phi) is 9.26. The molecule has 3 nitrogen and oxygen atoms in total. The Bertz CT molecular complexity index is 1280. The zero-order chi connectivity index (χ0) is 30.5. The zero-order valence-corrected chi connectivity index (χ0v) is 29.4. The average Bonchev–Trinajstić information content (AvgIpc) is 2.81. The van der Waals surface area contributed by atoms with Crippen LogP contribution in [0.2, 0.25) is 0 Å². The van der Waals surface area contributed by atoms with Crippen LogP contribution >= 0.6 is 6.60 Å². The minimum absolute atomic E-state index is 0.191. The van der Waals surface area contributed by atoms with Crippen LogP contribution in [-0.4, -0.2) is 37.0 Å². The Labute approximate surface area is 246 Å². The molecule has 0 aliphatic carbocycles. The van der Waals surface area contributed by atoms with E-state index >= 15 is 0 Å². The first-order valence-corrected chi connectivity index (χ1v) is 19.7. The van der Waals surface area contributed by atoms with Crippen LogP contribution in [0.4, 0.5) is 0 Å². The normalized spacial score (nSPS) is 21.0. The summed E-state index contributed by atoms with van der Waals surface area (Å²) < 4.78 is 32.2. The van der Waals surface area contributed by atoms with Crippen molar-refractivity contribution in [1.29, 1.82) is 0 Å². The van der Waals surface area contributed by atoms with E-state index in [9.17, 15) is 8.42 Å². The fourth-order valence-corrected chi connectivity index (χ4v) is 20.4. The Morgan fingerprint density at radius 3 is 1.73 bits per heavy atom. The molecule has 1 aliphatic rings. The van der Waals surface area contributed by atoms with Gasteiger partial charge in [-0.2, -0.15) is 0 Å². The van der Waals surface area contributed by atoms with Gasteiger partial charge < -0.3 is 0 Å². The molecule has 0 radical (unpaired) electrons. The summed E-state index contributed by atoms with van der Waals surface area (Å²) >= 11 is 0. The fraction of sp³-hybridized carbons (Fsp3) is 0.657. The van der Waals surface area contributed by atoms with Crippen LogP contribution in [0.5, 0.6) is 0 Å². The van der Waals surface area contributed by atoms with Gasteiger partial charge in [0.15, 0.2) is 0 Å². The van der Waals surface area contributed by atoms with Gasteiger partial charge in [0.05, 0.1) is 0 Å². The maximum absolute atomic E-state index is 13.0. The minimum atomic E-state index is -3.66. The van der Waals surface area contributed by atoms with Crippen molar-refractivity contribution >= 4 is 22.0 Å². The first-order valence-electron chi connectivity index (χ1n) is 15.4. The number of rotatable bonds is 7. The molecule has 0 amide bonds. The summed E-state index contributed by atoms with van der Waals surface area (Å²) in [7, 11) is -3.66. The first-order chi connectivity index (χ1) is 18.2. The molecular weight excluding hydrogens is 531 g/mol. The SMILES string of the molecule is CC(C)c1cc(C(C)C)c(-c2ccccc2P2(C(C)(C)C)(C(C)(C)C)CCCCC2OS(C)(=O)=O)c(C(C)C)c1. The van der Waals surface area contributed by atoms with E-state index in [0.29, 0.717) is 17.8 Å². The summed E-state index contributed by atoms with van der Waals surface area (Å²) in [5.41, 5.74) is 6.80. The molecule has 1 heterocycles. The second-order valence-electron chi connectivity index (χ2n) is 15.3. The first kappa shape index (κ1) is 33.3. The Morgan fingerprint density at radius 1 is 0.800 bits per heavy atom. The van der Waals surface area contributed by atoms with Crippen LogP contribution in [0.1, 0.15) is 137 Å². The third-order valence-electron chi connectivity index (χ3n) is 10.2. The van der Waals surface area contributed by atoms with Crippen LogP contribution < -0.4 is 5.30 Å². The van der Waals surface area contributed by atoms with Crippen LogP contribution in [-0.2, 0) is 14.3 Å². The second kappa shape index (κ2) is 11.1. The summed E-state index contributed by atoms with van der Waals surface area (Å²) in [6.07, 6.45) is 5.08. The van der Waals surface area contributed by atoms with Gasteiger partial charge in [0.1, 0.15) is 0 Å². The Balaban J connectivity index is 2.67. The maximum atomic E-state index is 13.0. The molecule has 2 aromatic rings. The molecule has 0 N–H and O–H groups in total. The monoisotopic (exact) mass is 588 g/mol. The van der Waals surface area contributed by atoms with Crippen molar-refractivity contribution in [3.05, 3.63) is 53.1 Å². The molecule has 2 aromatic carbocycles. The third-order valence-corrected chi connectivity index (χ3v) is 21.4. The van der Waals surface area contributed by atoms with Crippen LogP contribution in [0.25, 0.3) is 11.1 Å². The van der Waals surface area contributed by atoms with Crippen molar-refractivity contribution in [2.24, 2.45) is 0 Å². The fourth-order valence-electron chi connectivity index (χ4n) is 8.47. The van der Waals surface area contributed by atoms with Gasteiger partial charge in [0, 0.05) is 0 Å². The zero-order valence-electron chi connectivity index (χ0n) is 27.7. The molecule has 1 aliphatic heterocycles. The van der Waals surface area contributed by atoms with Crippen LogP contribution in [0.15, 0.2) is 36.4 Å². The molecule has 1 fully saturated rings. The predicted molar refractivity (Wildman–Crippen MR) is 179 cm³/mol. The summed E-state index contributed by atoms with van der Waals surface area (Å²) in [6.45, 7) is 24.7. The van der Waals surface area contributed by atoms with E-state index in [1.807, 2.05) is 0 Å². The van der Waals surface area contributed by atoms with Gasteiger partial charge in [-0.15, -0.1) is 0 Å². The van der Waals surface area contributed by atoms with Crippen molar-refractivity contribution in [1.82, 2.24) is 0 Å². The molecular formula is C35H57O3PS. The van der Waals surface area contributed by atoms with E-state index in [1.165, 1.54) is 39.4 Å². The number of benzene rings is 2. The summed E-state index contributed by atoms with van der Waals surface area (Å²) in [5.74, 6) is 0.799. The van der Waals surface area contributed by atoms with Crippen molar-refractivity contribution in [3.8, 4) is 11.1 Å². The van der Waals surface area contributed by atoms with Crippen molar-refractivity contribution in [2.75, 3.05) is 12.4 Å². The van der Waals surface area contributed by atoms with Gasteiger partial charge in [-0.25, -0.2) is 0 Å². The third kappa shape index (κ3) is 5.13. The Morgan fingerprint density at radius 2 is 1.30 bits per heavy atom. The molecule has 0 spiro atoms. The molecule has 0 aromatic heterocycles. The topological polar surface area (TPSA) is 43.4 Å². The molecule has 1 unspecified atom stereocenters. The van der Waals surface area contributed by atoms with E-state index in [0.717, 1.165) is 25.4 Å². The van der Waals surface area contributed by atoms with Gasteiger partial charge >= 0.3 is 248 Å². The molecule has 1 atom stereocenters. The molecule has 5 heteroatoms. The van der Waals surface area contributed by atoms with Gasteiger partial charge in [-0.05, 0) is 0 Å². The summed E-state index contributed by atoms with van der Waals surface area (Å²) in [5, 5.41) is 0.982. The Hall–Kier alpha value is -1.22. The summed E-state index contributed by atoms with van der Waals surface area (Å²) in [6, 6.07) is 13.9. The van der Waals surface area contributed by atoms with Crippen LogP contribution in [0, 0.1) is 0 Å². The van der Waals surface area contributed by atoms with Crippen molar-refractivity contribution in [2.45, 2.75) is 136 Å². The van der Waals surface area contributed by atoms with Gasteiger partial charge in [0.2, 0.25) is 0 Å². The molecule has 0 bridgehead atoms. The standard InChI is InChI=1S/C35H57O3PS/c1-24(2)27-22-29(25(3)4)33(30(23-27)26(5)6)28-18-14-15-19-31(28)39(34(7,8)9,35(10,11)12)21-17-16-20-32(39)38-40(13,36)37/h14-15,18-19,22-26,32H,16-17,20-21H2,1-13H3. The molecule has 3 rings (SSSR count). The average molecular weight is 589 g/mol. The molecule has 226 valence electrons. The van der Waals surface area contributed by atoms with E-state index in [1.54, 1.807) is 0 Å². The van der Waals surface area contributed by atoms with Crippen molar-refractivity contribution in [3.63, 3.8) is 0 Å². The predicted octanol–water partition coefficient (Wildman–Crippen LogP) is 9.99. The van der Waals surface area contributed by atoms with E-state index in [4.69, 9.17) is 4.18 Å². The van der Waals surface area contributed by atoms with E-state index < -0.39 is 16.7 Å². The van der Waals surface area contributed by atoms with E-state index in [2.05, 4.69) is 119 Å². The van der Waals surface area contributed by atoms with E-state index in [-0.39, 0.29) is 16.2 Å². The van der Waals surface area contributed by atoms with Gasteiger partial charge in [-0.1, -0.05) is 0 Å². The molecule has 1 saturated heterocycles. The number of hydrogen-bond donors (Lipinski definition) is 0. The van der Waals surface area contributed by atoms with Gasteiger partial charge in [0.25, 0.3) is 0 Å². The number of hydrogen-bond acceptors (Lipinski definition) is 3. The quantitative estimate of drug-likeness (QED) is 0.239. The van der Waals surface area contributed by atoms with Crippen LogP contribution in [0.3, 0.4) is 0 Å². The summed E-state index contributed by atoms with van der Waals surface area (Å²) in [4.78, 5) is 0. The van der Waals surface area contributed by atoms with Crippen molar-refractivity contribution < 1.29 is 12.6 Å².